The van der Waals surface area contributed by atoms with Gasteiger partial charge in [-0.25, -0.2) is 0 Å². The summed E-state index contributed by atoms with van der Waals surface area (Å²) < 4.78 is 0. The topological polar surface area (TPSA) is 18.5 Å². The maximum absolute atomic E-state index is 3.42. The van der Waals surface area contributed by atoms with Crippen molar-refractivity contribution in [3.05, 3.63) is 0 Å². The van der Waals surface area contributed by atoms with E-state index in [0.29, 0.717) is 5.41 Å². The van der Waals surface area contributed by atoms with Crippen LogP contribution in [0.1, 0.15) is 33.6 Å². The van der Waals surface area contributed by atoms with Crippen molar-refractivity contribution in [2.45, 2.75) is 39.7 Å². The Morgan fingerprint density at radius 3 is 2.35 bits per heavy atom. The van der Waals surface area contributed by atoms with E-state index in [-0.39, 0.29) is 0 Å². The van der Waals surface area contributed by atoms with E-state index in [4.69, 9.17) is 0 Å². The molecule has 0 atom stereocenters. The van der Waals surface area contributed by atoms with Gasteiger partial charge in [0.25, 0.3) is 0 Å². The highest BCUT2D eigenvalue weighted by Gasteiger charge is 2.31. The van der Waals surface area contributed by atoms with Crippen molar-refractivity contribution in [1.29, 1.82) is 0 Å². The van der Waals surface area contributed by atoms with Gasteiger partial charge < -0.3 is 10.2 Å². The van der Waals surface area contributed by atoms with Crippen LogP contribution in [0.25, 0.3) is 0 Å². The molecular formula is C14H29N3. The van der Waals surface area contributed by atoms with Gasteiger partial charge in [-0.15, -0.1) is 0 Å². The van der Waals surface area contributed by atoms with E-state index in [1.54, 1.807) is 0 Å². The first-order chi connectivity index (χ1) is 8.04. The van der Waals surface area contributed by atoms with Crippen LogP contribution >= 0.6 is 0 Å². The number of piperazine rings is 1. The van der Waals surface area contributed by atoms with Crippen molar-refractivity contribution in [2.75, 3.05) is 45.8 Å². The Hall–Kier alpha value is -0.120. The van der Waals surface area contributed by atoms with Gasteiger partial charge in [-0.2, -0.15) is 0 Å². The minimum Gasteiger partial charge on any atom is -0.314 e. The SMILES string of the molecule is CC(C)(C)CCCN1CC(N2CCNCC2)C1. The predicted octanol–water partition coefficient (Wildman–Crippen LogP) is 1.40. The van der Waals surface area contributed by atoms with E-state index < -0.39 is 0 Å². The van der Waals surface area contributed by atoms with Gasteiger partial charge in [-0.1, -0.05) is 20.8 Å². The fraction of sp³-hybridized carbons (Fsp3) is 1.00. The first-order valence-corrected chi connectivity index (χ1v) is 7.22. The molecule has 0 amide bonds. The van der Waals surface area contributed by atoms with Gasteiger partial charge in [0.2, 0.25) is 0 Å². The summed E-state index contributed by atoms with van der Waals surface area (Å²) in [7, 11) is 0. The Bertz CT molecular complexity index is 222. The van der Waals surface area contributed by atoms with Crippen LogP contribution in [0.5, 0.6) is 0 Å². The molecule has 3 nitrogen and oxygen atoms in total. The summed E-state index contributed by atoms with van der Waals surface area (Å²) in [6.07, 6.45) is 2.71. The second-order valence-corrected chi connectivity index (χ2v) is 6.86. The number of likely N-dealkylation sites (tertiary alicyclic amines) is 1. The van der Waals surface area contributed by atoms with Crippen molar-refractivity contribution < 1.29 is 0 Å². The van der Waals surface area contributed by atoms with Crippen LogP contribution in [-0.4, -0.2) is 61.7 Å². The van der Waals surface area contributed by atoms with Gasteiger partial charge >= 0.3 is 0 Å². The summed E-state index contributed by atoms with van der Waals surface area (Å²) in [5.41, 5.74) is 0.503. The molecule has 1 N–H and O–H groups in total. The molecule has 0 unspecified atom stereocenters. The van der Waals surface area contributed by atoms with Gasteiger partial charge in [0.05, 0.1) is 0 Å². The van der Waals surface area contributed by atoms with Crippen LogP contribution in [0.15, 0.2) is 0 Å². The molecule has 0 aromatic carbocycles. The molecule has 2 aliphatic rings. The molecule has 0 aliphatic carbocycles. The standard InChI is InChI=1S/C14H29N3/c1-14(2,3)5-4-8-16-11-13(12-16)17-9-6-15-7-10-17/h13,15H,4-12H2,1-3H3. The lowest BCUT2D eigenvalue weighted by Gasteiger charge is -2.47. The van der Waals surface area contributed by atoms with Gasteiger partial charge in [0.1, 0.15) is 0 Å². The molecule has 2 heterocycles. The average Bonchev–Trinajstić information content (AvgIpc) is 2.21. The fourth-order valence-electron chi connectivity index (χ4n) is 2.84. The molecule has 2 aliphatic heterocycles. The molecule has 0 aromatic rings. The smallest absolute Gasteiger partial charge is 0.0351 e. The predicted molar refractivity (Wildman–Crippen MR) is 73.4 cm³/mol. The minimum atomic E-state index is 0.503. The quantitative estimate of drug-likeness (QED) is 0.800. The summed E-state index contributed by atoms with van der Waals surface area (Å²) in [6.45, 7) is 15.8. The molecule has 17 heavy (non-hydrogen) atoms. The Labute approximate surface area is 107 Å². The molecule has 3 heteroatoms. The summed E-state index contributed by atoms with van der Waals surface area (Å²) in [6, 6.07) is 0.853. The summed E-state index contributed by atoms with van der Waals surface area (Å²) >= 11 is 0. The zero-order valence-electron chi connectivity index (χ0n) is 11.8. The van der Waals surface area contributed by atoms with Crippen molar-refractivity contribution in [1.82, 2.24) is 15.1 Å². The number of hydrogen-bond donors (Lipinski definition) is 1. The highest BCUT2D eigenvalue weighted by atomic mass is 15.3. The Morgan fingerprint density at radius 1 is 1.12 bits per heavy atom. The maximum Gasteiger partial charge on any atom is 0.0351 e. The lowest BCUT2D eigenvalue weighted by atomic mass is 9.90. The van der Waals surface area contributed by atoms with Crippen molar-refractivity contribution >= 4 is 0 Å². The van der Waals surface area contributed by atoms with Gasteiger partial charge in [0.15, 0.2) is 0 Å². The molecular weight excluding hydrogens is 210 g/mol. The normalized spacial score (nSPS) is 24.9. The summed E-state index contributed by atoms with van der Waals surface area (Å²) in [5, 5.41) is 3.42. The van der Waals surface area contributed by atoms with E-state index in [0.717, 1.165) is 6.04 Å². The third-order valence-corrected chi connectivity index (χ3v) is 4.01. The van der Waals surface area contributed by atoms with Crippen molar-refractivity contribution in [3.63, 3.8) is 0 Å². The largest absolute Gasteiger partial charge is 0.314 e. The molecule has 0 aromatic heterocycles. The first kappa shape index (κ1) is 13.3. The van der Waals surface area contributed by atoms with E-state index in [2.05, 4.69) is 35.9 Å². The molecule has 0 radical (unpaired) electrons. The number of nitrogens with zero attached hydrogens (tertiary/aromatic N) is 2. The van der Waals surface area contributed by atoms with Crippen molar-refractivity contribution in [3.8, 4) is 0 Å². The number of hydrogen-bond acceptors (Lipinski definition) is 3. The summed E-state index contributed by atoms with van der Waals surface area (Å²) in [5.74, 6) is 0. The zero-order chi connectivity index (χ0) is 12.3. The van der Waals surface area contributed by atoms with Crippen LogP contribution in [0.4, 0.5) is 0 Å². The highest BCUT2D eigenvalue weighted by Crippen LogP contribution is 2.22. The Morgan fingerprint density at radius 2 is 1.76 bits per heavy atom. The molecule has 100 valence electrons. The number of nitrogens with one attached hydrogen (secondary N) is 1. The molecule has 0 bridgehead atoms. The van der Waals surface area contributed by atoms with E-state index >= 15 is 0 Å². The molecule has 0 spiro atoms. The van der Waals surface area contributed by atoms with Crippen LogP contribution < -0.4 is 5.32 Å². The van der Waals surface area contributed by atoms with Crippen molar-refractivity contribution in [2.24, 2.45) is 5.41 Å². The maximum atomic E-state index is 3.42. The molecule has 2 rings (SSSR count). The second-order valence-electron chi connectivity index (χ2n) is 6.86. The monoisotopic (exact) mass is 239 g/mol. The number of rotatable bonds is 4. The first-order valence-electron chi connectivity index (χ1n) is 7.22. The Kier molecular flexibility index (Phi) is 4.45. The van der Waals surface area contributed by atoms with Gasteiger partial charge in [-0.3, -0.25) is 4.90 Å². The Balaban J connectivity index is 1.56. The second kappa shape index (κ2) is 5.68. The molecule has 0 saturated carbocycles. The zero-order valence-corrected chi connectivity index (χ0v) is 11.8. The third-order valence-electron chi connectivity index (χ3n) is 4.01. The summed E-state index contributed by atoms with van der Waals surface area (Å²) in [4.78, 5) is 5.29. The lowest BCUT2D eigenvalue weighted by molar-refractivity contribution is 0.0252. The van der Waals surface area contributed by atoms with Crippen LogP contribution in [0, 0.1) is 5.41 Å². The van der Waals surface area contributed by atoms with Crippen LogP contribution in [-0.2, 0) is 0 Å². The third kappa shape index (κ3) is 4.23. The van der Waals surface area contributed by atoms with E-state index in [1.165, 1.54) is 58.7 Å². The van der Waals surface area contributed by atoms with Crippen LogP contribution in [0.2, 0.25) is 0 Å². The average molecular weight is 239 g/mol. The van der Waals surface area contributed by atoms with Gasteiger partial charge in [0, 0.05) is 45.3 Å². The fourth-order valence-corrected chi connectivity index (χ4v) is 2.84. The van der Waals surface area contributed by atoms with Gasteiger partial charge in [-0.05, 0) is 24.8 Å². The highest BCUT2D eigenvalue weighted by molar-refractivity contribution is 4.89. The minimum absolute atomic E-state index is 0.503. The molecule has 2 fully saturated rings. The lowest BCUT2D eigenvalue weighted by Crippen LogP contribution is -2.62. The van der Waals surface area contributed by atoms with E-state index in [1.807, 2.05) is 0 Å². The van der Waals surface area contributed by atoms with E-state index in [9.17, 15) is 0 Å². The van der Waals surface area contributed by atoms with Crippen LogP contribution in [0.3, 0.4) is 0 Å². The molecule has 2 saturated heterocycles.